The first kappa shape index (κ1) is 18.0. The van der Waals surface area contributed by atoms with E-state index in [0.29, 0.717) is 12.8 Å². The summed E-state index contributed by atoms with van der Waals surface area (Å²) in [4.78, 5) is 29.2. The Morgan fingerprint density at radius 1 is 1.22 bits per heavy atom. The Labute approximate surface area is 163 Å². The van der Waals surface area contributed by atoms with Gasteiger partial charge in [0.15, 0.2) is 5.78 Å². The second-order valence-corrected chi connectivity index (χ2v) is 8.99. The van der Waals surface area contributed by atoms with Crippen LogP contribution >= 0.6 is 11.3 Å². The van der Waals surface area contributed by atoms with Crippen LogP contribution < -0.4 is 10.2 Å². The normalized spacial score (nSPS) is 21.2. The molecule has 1 amide bonds. The highest BCUT2D eigenvalue weighted by molar-refractivity contribution is 7.10. The number of nitrogens with one attached hydrogen (secondary N) is 1. The van der Waals surface area contributed by atoms with E-state index in [1.165, 1.54) is 0 Å². The molecule has 0 spiro atoms. The minimum Gasteiger partial charge on any atom is -0.357 e. The molecule has 1 aliphatic heterocycles. The summed E-state index contributed by atoms with van der Waals surface area (Å²) in [5.41, 5.74) is 3.32. The van der Waals surface area contributed by atoms with Crippen LogP contribution in [0.4, 0.5) is 11.4 Å². The van der Waals surface area contributed by atoms with Crippen molar-refractivity contribution in [3.63, 3.8) is 0 Å². The number of benzene rings is 1. The third-order valence-corrected chi connectivity index (χ3v) is 6.21. The summed E-state index contributed by atoms with van der Waals surface area (Å²) >= 11 is 1.59. The monoisotopic (exact) mass is 380 g/mol. The number of anilines is 2. The van der Waals surface area contributed by atoms with Crippen LogP contribution in [0.3, 0.4) is 0 Å². The second-order valence-electron chi connectivity index (χ2n) is 8.01. The molecule has 0 radical (unpaired) electrons. The molecular weight excluding hydrogens is 356 g/mol. The Kier molecular flexibility index (Phi) is 4.42. The van der Waals surface area contributed by atoms with Crippen molar-refractivity contribution in [3.8, 4) is 0 Å². The molecule has 2 aliphatic rings. The summed E-state index contributed by atoms with van der Waals surface area (Å²) < 4.78 is 0. The SMILES string of the molecule is CCC(=O)N1c2ccccc2NC2=C(C(=O)CC(C)(C)C2)C1c1cccs1. The summed E-state index contributed by atoms with van der Waals surface area (Å²) in [5, 5.41) is 5.52. The first-order valence-electron chi connectivity index (χ1n) is 9.39. The van der Waals surface area contributed by atoms with Gasteiger partial charge in [-0.15, -0.1) is 11.3 Å². The van der Waals surface area contributed by atoms with E-state index < -0.39 is 0 Å². The quantitative estimate of drug-likeness (QED) is 0.769. The van der Waals surface area contributed by atoms with Crippen LogP contribution in [0.1, 0.15) is 51.0 Å². The van der Waals surface area contributed by atoms with E-state index in [2.05, 4.69) is 19.2 Å². The number of allylic oxidation sites excluding steroid dienone is 1. The van der Waals surface area contributed by atoms with Gasteiger partial charge in [0.1, 0.15) is 6.04 Å². The van der Waals surface area contributed by atoms with Gasteiger partial charge in [0, 0.05) is 29.0 Å². The van der Waals surface area contributed by atoms with Gasteiger partial charge in [-0.25, -0.2) is 0 Å². The minimum atomic E-state index is -0.368. The topological polar surface area (TPSA) is 49.4 Å². The number of amides is 1. The highest BCUT2D eigenvalue weighted by Gasteiger charge is 2.43. The molecule has 4 nitrogen and oxygen atoms in total. The molecule has 0 fully saturated rings. The number of para-hydroxylation sites is 2. The lowest BCUT2D eigenvalue weighted by Gasteiger charge is -2.36. The number of thiophene rings is 1. The van der Waals surface area contributed by atoms with Crippen LogP contribution in [0.15, 0.2) is 53.0 Å². The predicted molar refractivity (Wildman–Crippen MR) is 110 cm³/mol. The highest BCUT2D eigenvalue weighted by atomic mass is 32.1. The number of carbonyl (C=O) groups excluding carboxylic acids is 2. The van der Waals surface area contributed by atoms with Gasteiger partial charge in [-0.05, 0) is 35.4 Å². The number of hydrogen-bond acceptors (Lipinski definition) is 4. The van der Waals surface area contributed by atoms with Crippen molar-refractivity contribution in [3.05, 3.63) is 57.9 Å². The summed E-state index contributed by atoms with van der Waals surface area (Å²) in [7, 11) is 0. The summed E-state index contributed by atoms with van der Waals surface area (Å²) in [6.07, 6.45) is 1.68. The number of carbonyl (C=O) groups is 2. The van der Waals surface area contributed by atoms with Crippen molar-refractivity contribution in [2.45, 2.75) is 46.1 Å². The number of hydrogen-bond donors (Lipinski definition) is 1. The molecular formula is C22H24N2O2S. The number of Topliss-reactive ketones (excluding diaryl/α,β-unsaturated/α-hetero) is 1. The molecule has 4 rings (SSSR count). The molecule has 1 N–H and O–H groups in total. The molecule has 27 heavy (non-hydrogen) atoms. The van der Waals surface area contributed by atoms with Crippen LogP contribution in [0.25, 0.3) is 0 Å². The fourth-order valence-corrected chi connectivity index (χ4v) is 4.97. The van der Waals surface area contributed by atoms with E-state index in [4.69, 9.17) is 0 Å². The van der Waals surface area contributed by atoms with Gasteiger partial charge in [0.2, 0.25) is 5.91 Å². The van der Waals surface area contributed by atoms with Gasteiger partial charge in [0.25, 0.3) is 0 Å². The van der Waals surface area contributed by atoms with E-state index >= 15 is 0 Å². The molecule has 1 atom stereocenters. The third-order valence-electron chi connectivity index (χ3n) is 5.28. The van der Waals surface area contributed by atoms with E-state index in [-0.39, 0.29) is 23.1 Å². The molecule has 5 heteroatoms. The largest absolute Gasteiger partial charge is 0.357 e. The van der Waals surface area contributed by atoms with Crippen molar-refractivity contribution >= 4 is 34.4 Å². The highest BCUT2D eigenvalue weighted by Crippen LogP contribution is 2.49. The summed E-state index contributed by atoms with van der Waals surface area (Å²) in [6.45, 7) is 6.13. The lowest BCUT2D eigenvalue weighted by Crippen LogP contribution is -2.38. The summed E-state index contributed by atoms with van der Waals surface area (Å²) in [5.74, 6) is 0.155. The molecule has 1 aromatic heterocycles. The third kappa shape index (κ3) is 3.10. The molecule has 0 bridgehead atoms. The van der Waals surface area contributed by atoms with Crippen molar-refractivity contribution in [2.24, 2.45) is 5.41 Å². The standard InChI is InChI=1S/C22H24N2O2S/c1-4-19(26)24-16-9-6-5-8-14(16)23-15-12-22(2,3)13-17(25)20(15)21(24)18-10-7-11-27-18/h5-11,21,23H,4,12-13H2,1-3H3. The fraction of sp³-hybridized carbons (Fsp3) is 0.364. The number of fused-ring (bicyclic) bond motifs is 1. The lowest BCUT2D eigenvalue weighted by atomic mass is 9.74. The maximum Gasteiger partial charge on any atom is 0.227 e. The zero-order valence-corrected chi connectivity index (χ0v) is 16.7. The van der Waals surface area contributed by atoms with Gasteiger partial charge in [-0.2, -0.15) is 0 Å². The van der Waals surface area contributed by atoms with E-state index in [0.717, 1.165) is 33.9 Å². The van der Waals surface area contributed by atoms with Crippen molar-refractivity contribution in [1.29, 1.82) is 0 Å². The van der Waals surface area contributed by atoms with Crippen LogP contribution in [-0.4, -0.2) is 11.7 Å². The van der Waals surface area contributed by atoms with Crippen LogP contribution in [0.2, 0.25) is 0 Å². The predicted octanol–water partition coefficient (Wildman–Crippen LogP) is 5.30. The van der Waals surface area contributed by atoms with Crippen molar-refractivity contribution < 1.29 is 9.59 Å². The molecule has 1 aliphatic carbocycles. The second kappa shape index (κ2) is 6.64. The van der Waals surface area contributed by atoms with Crippen molar-refractivity contribution in [1.82, 2.24) is 0 Å². The Bertz CT molecular complexity index is 928. The molecule has 1 unspecified atom stereocenters. The van der Waals surface area contributed by atoms with E-state index in [1.54, 1.807) is 11.3 Å². The minimum absolute atomic E-state index is 0.0223. The van der Waals surface area contributed by atoms with Crippen molar-refractivity contribution in [2.75, 3.05) is 10.2 Å². The number of nitrogens with zero attached hydrogens (tertiary/aromatic N) is 1. The molecule has 1 aromatic carbocycles. The first-order chi connectivity index (χ1) is 12.9. The van der Waals surface area contributed by atoms with E-state index in [9.17, 15) is 9.59 Å². The average Bonchev–Trinajstić information content (AvgIpc) is 3.09. The Balaban J connectivity index is 2.00. The van der Waals surface area contributed by atoms with Gasteiger partial charge < -0.3 is 5.32 Å². The lowest BCUT2D eigenvalue weighted by molar-refractivity contribution is -0.119. The molecule has 140 valence electrons. The maximum absolute atomic E-state index is 13.3. The van der Waals surface area contributed by atoms with Gasteiger partial charge in [-0.1, -0.05) is 39.0 Å². The average molecular weight is 381 g/mol. The van der Waals surface area contributed by atoms with Gasteiger partial charge in [-0.3, -0.25) is 14.5 Å². The first-order valence-corrected chi connectivity index (χ1v) is 10.3. The van der Waals surface area contributed by atoms with Crippen LogP contribution in [-0.2, 0) is 9.59 Å². The molecule has 2 heterocycles. The smallest absolute Gasteiger partial charge is 0.227 e. The van der Waals surface area contributed by atoms with Gasteiger partial charge >= 0.3 is 0 Å². The maximum atomic E-state index is 13.3. The molecule has 0 saturated carbocycles. The van der Waals surface area contributed by atoms with E-state index in [1.807, 2.05) is 53.6 Å². The Hall–Kier alpha value is -2.40. The molecule has 0 saturated heterocycles. The number of ketones is 1. The molecule has 2 aromatic rings. The van der Waals surface area contributed by atoms with Crippen LogP contribution in [0, 0.1) is 5.41 Å². The Morgan fingerprint density at radius 2 is 2.00 bits per heavy atom. The van der Waals surface area contributed by atoms with Gasteiger partial charge in [0.05, 0.1) is 11.4 Å². The summed E-state index contributed by atoms with van der Waals surface area (Å²) in [6, 6.07) is 11.5. The zero-order chi connectivity index (χ0) is 19.2. The van der Waals surface area contributed by atoms with Crippen LogP contribution in [0.5, 0.6) is 0 Å². The number of rotatable bonds is 2. The zero-order valence-electron chi connectivity index (χ0n) is 15.9. The fourth-order valence-electron chi connectivity index (χ4n) is 4.15. The Morgan fingerprint density at radius 3 is 2.70 bits per heavy atom.